The molecule has 1 aromatic rings. The molecule has 0 saturated carbocycles. The van der Waals surface area contributed by atoms with Crippen LogP contribution in [0.5, 0.6) is 0 Å². The van der Waals surface area contributed by atoms with Crippen LogP contribution in [0.15, 0.2) is 36.0 Å². The monoisotopic (exact) mass is 341 g/mol. The van der Waals surface area contributed by atoms with E-state index in [0.717, 1.165) is 18.3 Å². The van der Waals surface area contributed by atoms with Gasteiger partial charge in [-0.05, 0) is 31.5 Å². The lowest BCUT2D eigenvalue weighted by atomic mass is 10.2. The second-order valence-corrected chi connectivity index (χ2v) is 4.70. The number of amides is 1. The van der Waals surface area contributed by atoms with E-state index in [-0.39, 0.29) is 11.3 Å². The molecule has 0 spiro atoms. The van der Waals surface area contributed by atoms with Crippen molar-refractivity contribution in [2.24, 2.45) is 0 Å². The van der Waals surface area contributed by atoms with Gasteiger partial charge in [0.15, 0.2) is 0 Å². The van der Waals surface area contributed by atoms with Gasteiger partial charge < -0.3 is 15.4 Å². The maximum atomic E-state index is 12.6. The van der Waals surface area contributed by atoms with E-state index >= 15 is 0 Å². The van der Waals surface area contributed by atoms with Crippen LogP contribution in [-0.4, -0.2) is 25.7 Å². The number of benzene rings is 1. The van der Waals surface area contributed by atoms with Crippen LogP contribution >= 0.6 is 0 Å². The lowest BCUT2D eigenvalue weighted by Crippen LogP contribution is -2.26. The van der Waals surface area contributed by atoms with Crippen molar-refractivity contribution in [1.29, 1.82) is 5.26 Å². The molecule has 0 saturated heterocycles. The Balaban J connectivity index is 2.63. The summed E-state index contributed by atoms with van der Waals surface area (Å²) < 4.78 is 43.0. The Morgan fingerprint density at radius 3 is 2.79 bits per heavy atom. The van der Waals surface area contributed by atoms with Gasteiger partial charge in [-0.1, -0.05) is 6.07 Å². The predicted octanol–water partition coefficient (Wildman–Crippen LogP) is 3.07. The lowest BCUT2D eigenvalue weighted by molar-refractivity contribution is -0.137. The Bertz CT molecular complexity index is 622. The zero-order chi connectivity index (χ0) is 18.0. The third-order valence-electron chi connectivity index (χ3n) is 2.89. The number of ether oxygens (including phenoxy) is 1. The quantitative estimate of drug-likeness (QED) is 0.433. The Morgan fingerprint density at radius 2 is 2.17 bits per heavy atom. The lowest BCUT2D eigenvalue weighted by Gasteiger charge is -2.09. The van der Waals surface area contributed by atoms with Crippen LogP contribution in [-0.2, 0) is 15.7 Å². The minimum Gasteiger partial charge on any atom is -0.382 e. The first kappa shape index (κ1) is 19.5. The molecule has 0 aliphatic carbocycles. The van der Waals surface area contributed by atoms with E-state index in [1.54, 1.807) is 6.07 Å². The molecule has 0 fully saturated rings. The molecule has 0 unspecified atom stereocenters. The number of halogens is 3. The minimum absolute atomic E-state index is 0.127. The molecule has 5 nitrogen and oxygen atoms in total. The Hall–Kier alpha value is -2.53. The number of hydrogen-bond acceptors (Lipinski definition) is 4. The molecule has 0 atom stereocenters. The summed E-state index contributed by atoms with van der Waals surface area (Å²) in [7, 11) is 0. The van der Waals surface area contributed by atoms with Crippen molar-refractivity contribution in [2.45, 2.75) is 19.5 Å². The maximum absolute atomic E-state index is 12.6. The van der Waals surface area contributed by atoms with Gasteiger partial charge in [-0.15, -0.1) is 0 Å². The third kappa shape index (κ3) is 6.71. The van der Waals surface area contributed by atoms with Crippen molar-refractivity contribution in [1.82, 2.24) is 5.32 Å². The van der Waals surface area contributed by atoms with Gasteiger partial charge in [0, 0.05) is 31.6 Å². The molecule has 1 amide bonds. The minimum atomic E-state index is -4.46. The summed E-state index contributed by atoms with van der Waals surface area (Å²) in [5, 5.41) is 14.0. The van der Waals surface area contributed by atoms with Crippen LogP contribution in [0.4, 0.5) is 18.9 Å². The number of anilines is 1. The zero-order valence-electron chi connectivity index (χ0n) is 13.1. The third-order valence-corrected chi connectivity index (χ3v) is 2.89. The van der Waals surface area contributed by atoms with E-state index in [9.17, 15) is 18.0 Å². The van der Waals surface area contributed by atoms with Gasteiger partial charge in [-0.2, -0.15) is 18.4 Å². The van der Waals surface area contributed by atoms with Crippen LogP contribution in [0.25, 0.3) is 0 Å². The molecule has 24 heavy (non-hydrogen) atoms. The summed E-state index contributed by atoms with van der Waals surface area (Å²) in [6, 6.07) is 6.17. The number of rotatable bonds is 8. The highest BCUT2D eigenvalue weighted by Gasteiger charge is 2.30. The van der Waals surface area contributed by atoms with Crippen LogP contribution in [0.3, 0.4) is 0 Å². The largest absolute Gasteiger partial charge is 0.416 e. The average Bonchev–Trinajstić information content (AvgIpc) is 2.54. The van der Waals surface area contributed by atoms with Crippen LogP contribution in [0.1, 0.15) is 18.9 Å². The fraction of sp³-hybridized carbons (Fsp3) is 0.375. The first-order chi connectivity index (χ1) is 11.4. The van der Waals surface area contributed by atoms with Gasteiger partial charge in [0.2, 0.25) is 0 Å². The highest BCUT2D eigenvalue weighted by Crippen LogP contribution is 2.30. The van der Waals surface area contributed by atoms with Crippen LogP contribution < -0.4 is 10.6 Å². The standard InChI is InChI=1S/C16H18F3N3O2/c1-2-24-8-4-7-21-15(23)12(10-20)11-22-14-6-3-5-13(9-14)16(17,18)19/h3,5-6,9,11,22H,2,4,7-8H2,1H3,(H,21,23)/b12-11-. The Morgan fingerprint density at radius 1 is 1.42 bits per heavy atom. The molecule has 130 valence electrons. The van der Waals surface area contributed by atoms with Gasteiger partial charge in [0.05, 0.1) is 5.56 Å². The number of hydrogen-bond donors (Lipinski definition) is 2. The first-order valence-corrected chi connectivity index (χ1v) is 7.28. The number of nitrogens with zero attached hydrogens (tertiary/aromatic N) is 1. The van der Waals surface area contributed by atoms with Gasteiger partial charge in [-0.3, -0.25) is 4.79 Å². The van der Waals surface area contributed by atoms with E-state index < -0.39 is 17.6 Å². The van der Waals surface area contributed by atoms with Crippen molar-refractivity contribution in [3.05, 3.63) is 41.6 Å². The highest BCUT2D eigenvalue weighted by molar-refractivity contribution is 5.97. The summed E-state index contributed by atoms with van der Waals surface area (Å²) in [5.74, 6) is -0.603. The molecule has 0 radical (unpaired) electrons. The van der Waals surface area contributed by atoms with Crippen molar-refractivity contribution in [3.63, 3.8) is 0 Å². The van der Waals surface area contributed by atoms with E-state index in [1.807, 2.05) is 6.92 Å². The number of nitrogens with one attached hydrogen (secondary N) is 2. The average molecular weight is 341 g/mol. The van der Waals surface area contributed by atoms with E-state index in [0.29, 0.717) is 26.2 Å². The molecule has 1 aromatic carbocycles. The summed E-state index contributed by atoms with van der Waals surface area (Å²) in [4.78, 5) is 11.8. The number of alkyl halides is 3. The molecular formula is C16H18F3N3O2. The van der Waals surface area contributed by atoms with Crippen molar-refractivity contribution >= 4 is 11.6 Å². The fourth-order valence-corrected chi connectivity index (χ4v) is 1.71. The Kier molecular flexibility index (Phi) is 7.79. The SMILES string of the molecule is CCOCCCNC(=O)/C(C#N)=C\Nc1cccc(C(F)(F)F)c1. The Labute approximate surface area is 138 Å². The number of nitriles is 1. The molecule has 0 aliphatic heterocycles. The highest BCUT2D eigenvalue weighted by atomic mass is 19.4. The molecule has 0 aliphatic rings. The molecule has 2 N–H and O–H groups in total. The molecular weight excluding hydrogens is 323 g/mol. The van der Waals surface area contributed by atoms with Crippen molar-refractivity contribution in [2.75, 3.05) is 25.1 Å². The van der Waals surface area contributed by atoms with E-state index in [2.05, 4.69) is 10.6 Å². The van der Waals surface area contributed by atoms with E-state index in [4.69, 9.17) is 10.00 Å². The summed E-state index contributed by atoms with van der Waals surface area (Å²) >= 11 is 0. The number of carbonyl (C=O) groups is 1. The van der Waals surface area contributed by atoms with Crippen molar-refractivity contribution < 1.29 is 22.7 Å². The fourth-order valence-electron chi connectivity index (χ4n) is 1.71. The molecule has 1 rings (SSSR count). The zero-order valence-corrected chi connectivity index (χ0v) is 13.1. The topological polar surface area (TPSA) is 74.1 Å². The molecule has 0 heterocycles. The van der Waals surface area contributed by atoms with Crippen LogP contribution in [0.2, 0.25) is 0 Å². The molecule has 8 heteroatoms. The second-order valence-electron chi connectivity index (χ2n) is 4.70. The van der Waals surface area contributed by atoms with Gasteiger partial charge in [-0.25, -0.2) is 0 Å². The summed E-state index contributed by atoms with van der Waals surface area (Å²) in [6.45, 7) is 3.26. The first-order valence-electron chi connectivity index (χ1n) is 7.28. The summed E-state index contributed by atoms with van der Waals surface area (Å²) in [5.41, 5.74) is -0.926. The van der Waals surface area contributed by atoms with Crippen LogP contribution in [0, 0.1) is 11.3 Å². The predicted molar refractivity (Wildman–Crippen MR) is 82.9 cm³/mol. The second kappa shape index (κ2) is 9.57. The molecule has 0 bridgehead atoms. The summed E-state index contributed by atoms with van der Waals surface area (Å²) in [6.07, 6.45) is -2.79. The number of carbonyl (C=O) groups excluding carboxylic acids is 1. The van der Waals surface area contributed by atoms with Gasteiger partial charge >= 0.3 is 6.18 Å². The molecule has 0 aromatic heterocycles. The maximum Gasteiger partial charge on any atom is 0.416 e. The van der Waals surface area contributed by atoms with Gasteiger partial charge in [0.25, 0.3) is 5.91 Å². The normalized spacial score (nSPS) is 11.7. The van der Waals surface area contributed by atoms with Gasteiger partial charge in [0.1, 0.15) is 11.6 Å². The smallest absolute Gasteiger partial charge is 0.382 e. The van der Waals surface area contributed by atoms with E-state index in [1.165, 1.54) is 12.1 Å². The van der Waals surface area contributed by atoms with Crippen molar-refractivity contribution in [3.8, 4) is 6.07 Å².